The number of aryl methyl sites for hydroxylation is 1. The van der Waals surface area contributed by atoms with Gasteiger partial charge in [0.15, 0.2) is 0 Å². The van der Waals surface area contributed by atoms with Crippen LogP contribution in [0.4, 0.5) is 10.3 Å². The predicted molar refractivity (Wildman–Crippen MR) is 86.7 cm³/mol. The number of anilines is 1. The first-order chi connectivity index (χ1) is 11.1. The number of halogens is 1. The topological polar surface area (TPSA) is 56.1 Å². The lowest BCUT2D eigenvalue weighted by Gasteiger charge is -2.20. The number of carbonyl (C=O) groups is 1. The first-order valence-electron chi connectivity index (χ1n) is 8.16. The molecule has 3 rings (SSSR count). The summed E-state index contributed by atoms with van der Waals surface area (Å²) in [4.78, 5) is 16.8. The second kappa shape index (κ2) is 6.66. The maximum Gasteiger partial charge on any atom is 0.255 e. The van der Waals surface area contributed by atoms with E-state index in [9.17, 15) is 9.18 Å². The van der Waals surface area contributed by atoms with Crippen molar-refractivity contribution in [2.24, 2.45) is 7.05 Å². The smallest absolute Gasteiger partial charge is 0.255 e. The molecule has 0 aliphatic heterocycles. The third-order valence-corrected chi connectivity index (χ3v) is 4.40. The molecule has 124 valence electrons. The van der Waals surface area contributed by atoms with Crippen LogP contribution in [-0.2, 0) is 16.6 Å². The largest absolute Gasteiger partial charge is 0.365 e. The van der Waals surface area contributed by atoms with E-state index >= 15 is 0 Å². The minimum absolute atomic E-state index is 0.181. The standard InChI is InChI=1S/C17H22FN3O2/c1-3-15(23-12-6-4-5-7-12)16(22)20-17-19-13-10-11(18)8-9-14(13)21(17)2/h8-10,12,15H,3-7H2,1-2H3,(H,19,20,22). The molecule has 1 saturated carbocycles. The number of carbonyl (C=O) groups excluding carboxylic acids is 1. The van der Waals surface area contributed by atoms with Crippen LogP contribution in [0, 0.1) is 5.82 Å². The third-order valence-electron chi connectivity index (χ3n) is 4.40. The minimum atomic E-state index is -0.477. The molecule has 5 nitrogen and oxygen atoms in total. The normalized spacial score (nSPS) is 16.8. The molecule has 2 aromatic rings. The predicted octanol–water partition coefficient (Wildman–Crippen LogP) is 3.39. The molecule has 0 radical (unpaired) electrons. The van der Waals surface area contributed by atoms with Crippen molar-refractivity contribution in [3.63, 3.8) is 0 Å². The number of imidazole rings is 1. The lowest BCUT2D eigenvalue weighted by molar-refractivity contribution is -0.131. The molecule has 1 aromatic carbocycles. The van der Waals surface area contributed by atoms with E-state index in [0.717, 1.165) is 18.4 Å². The van der Waals surface area contributed by atoms with Gasteiger partial charge in [0, 0.05) is 13.1 Å². The number of rotatable bonds is 5. The number of amides is 1. The summed E-state index contributed by atoms with van der Waals surface area (Å²) in [6.45, 7) is 1.93. The number of hydrogen-bond donors (Lipinski definition) is 1. The highest BCUT2D eigenvalue weighted by molar-refractivity contribution is 5.94. The van der Waals surface area contributed by atoms with E-state index in [1.807, 2.05) is 6.92 Å². The quantitative estimate of drug-likeness (QED) is 0.919. The van der Waals surface area contributed by atoms with Crippen molar-refractivity contribution in [2.75, 3.05) is 5.32 Å². The van der Waals surface area contributed by atoms with E-state index in [0.29, 0.717) is 17.9 Å². The second-order valence-electron chi connectivity index (χ2n) is 6.06. The van der Waals surface area contributed by atoms with E-state index < -0.39 is 6.10 Å². The molecule has 0 bridgehead atoms. The van der Waals surface area contributed by atoms with Gasteiger partial charge >= 0.3 is 0 Å². The van der Waals surface area contributed by atoms with E-state index in [1.165, 1.54) is 25.0 Å². The molecule has 1 unspecified atom stereocenters. The van der Waals surface area contributed by atoms with Crippen LogP contribution in [0.3, 0.4) is 0 Å². The van der Waals surface area contributed by atoms with Gasteiger partial charge in [-0.1, -0.05) is 19.8 Å². The molecule has 0 saturated heterocycles. The minimum Gasteiger partial charge on any atom is -0.365 e. The van der Waals surface area contributed by atoms with Gasteiger partial charge in [0.1, 0.15) is 11.9 Å². The summed E-state index contributed by atoms with van der Waals surface area (Å²) >= 11 is 0. The first kappa shape index (κ1) is 15.9. The maximum atomic E-state index is 13.3. The Morgan fingerprint density at radius 1 is 1.48 bits per heavy atom. The second-order valence-corrected chi connectivity index (χ2v) is 6.06. The van der Waals surface area contributed by atoms with Gasteiger partial charge in [-0.2, -0.15) is 0 Å². The van der Waals surface area contributed by atoms with Crippen LogP contribution in [0.25, 0.3) is 11.0 Å². The first-order valence-corrected chi connectivity index (χ1v) is 8.16. The molecular weight excluding hydrogens is 297 g/mol. The van der Waals surface area contributed by atoms with E-state index in [2.05, 4.69) is 10.3 Å². The number of hydrogen-bond acceptors (Lipinski definition) is 3. The lowest BCUT2D eigenvalue weighted by Crippen LogP contribution is -2.33. The van der Waals surface area contributed by atoms with Crippen LogP contribution >= 0.6 is 0 Å². The van der Waals surface area contributed by atoms with Gasteiger partial charge in [-0.05, 0) is 31.4 Å². The van der Waals surface area contributed by atoms with Gasteiger partial charge in [0.2, 0.25) is 5.95 Å². The Morgan fingerprint density at radius 3 is 2.91 bits per heavy atom. The molecule has 1 aromatic heterocycles. The number of aromatic nitrogens is 2. The zero-order valence-electron chi connectivity index (χ0n) is 13.5. The van der Waals surface area contributed by atoms with Crippen molar-refractivity contribution in [1.29, 1.82) is 0 Å². The molecule has 1 atom stereocenters. The van der Waals surface area contributed by atoms with Gasteiger partial charge in [0.25, 0.3) is 5.91 Å². The Labute approximate surface area is 134 Å². The van der Waals surface area contributed by atoms with Crippen LogP contribution in [0.15, 0.2) is 18.2 Å². The molecule has 1 heterocycles. The van der Waals surface area contributed by atoms with Crippen molar-refractivity contribution in [2.45, 2.75) is 51.2 Å². The van der Waals surface area contributed by atoms with Gasteiger partial charge in [0.05, 0.1) is 17.1 Å². The SMILES string of the molecule is CCC(OC1CCCC1)C(=O)Nc1nc2cc(F)ccc2n1C. The maximum absolute atomic E-state index is 13.3. The fourth-order valence-electron chi connectivity index (χ4n) is 3.08. The fraction of sp³-hybridized carbons (Fsp3) is 0.529. The van der Waals surface area contributed by atoms with Gasteiger partial charge < -0.3 is 9.30 Å². The number of nitrogens with zero attached hydrogens (tertiary/aromatic N) is 2. The summed E-state index contributed by atoms with van der Waals surface area (Å²) in [6, 6.07) is 4.39. The highest BCUT2D eigenvalue weighted by atomic mass is 19.1. The Kier molecular flexibility index (Phi) is 4.61. The van der Waals surface area contributed by atoms with Crippen LogP contribution < -0.4 is 5.32 Å². The summed E-state index contributed by atoms with van der Waals surface area (Å²) in [5, 5.41) is 2.81. The van der Waals surface area contributed by atoms with Crippen molar-refractivity contribution in [3.8, 4) is 0 Å². The summed E-state index contributed by atoms with van der Waals surface area (Å²) in [5.74, 6) is -0.133. The van der Waals surface area contributed by atoms with Crippen LogP contribution in [-0.4, -0.2) is 27.7 Å². The van der Waals surface area contributed by atoms with Crippen LogP contribution in [0.2, 0.25) is 0 Å². The molecule has 1 N–H and O–H groups in total. The van der Waals surface area contributed by atoms with E-state index in [4.69, 9.17) is 4.74 Å². The summed E-state index contributed by atoms with van der Waals surface area (Å²) in [7, 11) is 1.79. The Morgan fingerprint density at radius 2 is 2.22 bits per heavy atom. The number of ether oxygens (including phenoxy) is 1. The highest BCUT2D eigenvalue weighted by Crippen LogP contribution is 2.24. The average Bonchev–Trinajstić information content (AvgIpc) is 3.13. The number of nitrogens with one attached hydrogen (secondary N) is 1. The van der Waals surface area contributed by atoms with Gasteiger partial charge in [-0.15, -0.1) is 0 Å². The molecule has 1 fully saturated rings. The molecular formula is C17H22FN3O2. The highest BCUT2D eigenvalue weighted by Gasteiger charge is 2.25. The lowest BCUT2D eigenvalue weighted by atomic mass is 10.2. The van der Waals surface area contributed by atoms with Crippen molar-refractivity contribution in [1.82, 2.24) is 9.55 Å². The Balaban J connectivity index is 1.74. The Hall–Kier alpha value is -1.95. The molecule has 1 aliphatic carbocycles. The van der Waals surface area contributed by atoms with Gasteiger partial charge in [-0.3, -0.25) is 10.1 Å². The van der Waals surface area contributed by atoms with Crippen molar-refractivity contribution >= 4 is 22.9 Å². The zero-order chi connectivity index (χ0) is 16.4. The molecule has 1 aliphatic rings. The average molecular weight is 319 g/mol. The molecule has 23 heavy (non-hydrogen) atoms. The van der Waals surface area contributed by atoms with E-state index in [-0.39, 0.29) is 17.8 Å². The van der Waals surface area contributed by atoms with Crippen LogP contribution in [0.1, 0.15) is 39.0 Å². The van der Waals surface area contributed by atoms with Crippen molar-refractivity contribution in [3.05, 3.63) is 24.0 Å². The third kappa shape index (κ3) is 3.37. The number of fused-ring (bicyclic) bond motifs is 1. The molecule has 6 heteroatoms. The summed E-state index contributed by atoms with van der Waals surface area (Å²) in [6.07, 6.45) is 4.69. The Bertz CT molecular complexity index is 707. The molecule has 0 spiro atoms. The van der Waals surface area contributed by atoms with E-state index in [1.54, 1.807) is 17.7 Å². The monoisotopic (exact) mass is 319 g/mol. The zero-order valence-corrected chi connectivity index (χ0v) is 13.5. The van der Waals surface area contributed by atoms with Crippen molar-refractivity contribution < 1.29 is 13.9 Å². The summed E-state index contributed by atoms with van der Waals surface area (Å²) in [5.41, 5.74) is 1.29. The van der Waals surface area contributed by atoms with Gasteiger partial charge in [-0.25, -0.2) is 9.37 Å². The summed E-state index contributed by atoms with van der Waals surface area (Å²) < 4.78 is 21.0. The number of benzene rings is 1. The molecule has 1 amide bonds. The fourth-order valence-corrected chi connectivity index (χ4v) is 3.08. The van der Waals surface area contributed by atoms with Crippen LogP contribution in [0.5, 0.6) is 0 Å².